The van der Waals surface area contributed by atoms with E-state index in [2.05, 4.69) is 21.4 Å². The Morgan fingerprint density at radius 2 is 1.78 bits per heavy atom. The Labute approximate surface area is 162 Å². The van der Waals surface area contributed by atoms with Gasteiger partial charge in [-0.1, -0.05) is 17.7 Å². The average molecular weight is 409 g/mol. The molecule has 0 radical (unpaired) electrons. The molecule has 0 fully saturated rings. The topological polar surface area (TPSA) is 102 Å². The van der Waals surface area contributed by atoms with E-state index in [0.29, 0.717) is 11.3 Å². The van der Waals surface area contributed by atoms with E-state index in [0.717, 1.165) is 0 Å². The van der Waals surface area contributed by atoms with Gasteiger partial charge in [-0.25, -0.2) is 17.9 Å². The summed E-state index contributed by atoms with van der Waals surface area (Å²) in [6, 6.07) is 9.99. The van der Waals surface area contributed by atoms with Crippen LogP contribution in [-0.2, 0) is 14.8 Å². The molecule has 0 aliphatic carbocycles. The van der Waals surface area contributed by atoms with Gasteiger partial charge in [0, 0.05) is 17.8 Å². The van der Waals surface area contributed by atoms with Crippen LogP contribution in [-0.4, -0.2) is 33.9 Å². The number of rotatable bonds is 7. The molecule has 0 heterocycles. The zero-order valence-electron chi connectivity index (χ0n) is 14.4. The summed E-state index contributed by atoms with van der Waals surface area (Å²) in [6.45, 7) is 3.47. The highest BCUT2D eigenvalue weighted by atomic mass is 35.5. The molecule has 1 amide bonds. The van der Waals surface area contributed by atoms with Gasteiger partial charge in [0.1, 0.15) is 4.90 Å². The summed E-state index contributed by atoms with van der Waals surface area (Å²) in [7, 11) is -2.61. The summed E-state index contributed by atoms with van der Waals surface area (Å²) < 4.78 is 31.4. The quantitative estimate of drug-likeness (QED) is 0.541. The number of halogens is 1. The third-order valence-electron chi connectivity index (χ3n) is 3.46. The number of hydrogen-bond acceptors (Lipinski definition) is 5. The Morgan fingerprint density at radius 1 is 1.15 bits per heavy atom. The van der Waals surface area contributed by atoms with Crippen molar-refractivity contribution in [2.24, 2.45) is 0 Å². The molecule has 0 aliphatic heterocycles. The lowest BCUT2D eigenvalue weighted by Crippen LogP contribution is -2.24. The fraction of sp³-hybridized carbons (Fsp3) is 0.111. The van der Waals surface area contributed by atoms with Crippen LogP contribution >= 0.6 is 11.6 Å². The number of carbonyl (C=O) groups excluding carboxylic acids is 2. The first-order valence-corrected chi connectivity index (χ1v) is 9.54. The van der Waals surface area contributed by atoms with Gasteiger partial charge >= 0.3 is 5.97 Å². The lowest BCUT2D eigenvalue weighted by molar-refractivity contribution is 0.0600. The van der Waals surface area contributed by atoms with Crippen LogP contribution in [0.4, 0.5) is 5.69 Å². The maximum absolute atomic E-state index is 12.4. The molecular weight excluding hydrogens is 392 g/mol. The molecule has 9 heteroatoms. The van der Waals surface area contributed by atoms with Crippen molar-refractivity contribution in [3.05, 3.63) is 71.3 Å². The molecule has 2 aromatic rings. The Kier molecular flexibility index (Phi) is 6.73. The van der Waals surface area contributed by atoms with E-state index in [1.807, 2.05) is 0 Å². The van der Waals surface area contributed by atoms with E-state index in [9.17, 15) is 18.0 Å². The first-order chi connectivity index (χ1) is 12.8. The summed E-state index contributed by atoms with van der Waals surface area (Å²) in [6.07, 6.45) is 1.39. The summed E-state index contributed by atoms with van der Waals surface area (Å²) >= 11 is 5.96. The van der Waals surface area contributed by atoms with Gasteiger partial charge in [0.25, 0.3) is 5.91 Å². The van der Waals surface area contributed by atoms with Crippen LogP contribution in [0.2, 0.25) is 5.02 Å². The predicted octanol–water partition coefficient (Wildman–Crippen LogP) is 2.84. The van der Waals surface area contributed by atoms with Crippen molar-refractivity contribution >= 4 is 39.2 Å². The van der Waals surface area contributed by atoms with Crippen molar-refractivity contribution < 1.29 is 22.7 Å². The van der Waals surface area contributed by atoms with Gasteiger partial charge in [0.2, 0.25) is 10.0 Å². The molecule has 0 aromatic heterocycles. The summed E-state index contributed by atoms with van der Waals surface area (Å²) in [5.74, 6) is -1.02. The zero-order valence-corrected chi connectivity index (χ0v) is 15.9. The third kappa shape index (κ3) is 5.16. The van der Waals surface area contributed by atoms with E-state index in [1.54, 1.807) is 0 Å². The lowest BCUT2D eigenvalue weighted by atomic mass is 10.2. The standard InChI is InChI=1S/C18H17ClN2O5S/c1-3-10-20-27(24,25)16-11-13(6-9-15(16)19)17(22)21-14-7-4-12(5-8-14)18(23)26-2/h3-9,11,20H,1,10H2,2H3,(H,21,22). The molecule has 2 rings (SSSR count). The largest absolute Gasteiger partial charge is 0.465 e. The van der Waals surface area contributed by atoms with E-state index in [4.69, 9.17) is 11.6 Å². The Hall–Kier alpha value is -2.68. The number of ether oxygens (including phenoxy) is 1. The second kappa shape index (κ2) is 8.81. The average Bonchev–Trinajstić information content (AvgIpc) is 2.66. The van der Waals surface area contributed by atoms with Crippen LogP contribution in [0.25, 0.3) is 0 Å². The number of carbonyl (C=O) groups is 2. The number of benzene rings is 2. The van der Waals surface area contributed by atoms with Gasteiger partial charge in [-0.05, 0) is 42.5 Å². The van der Waals surface area contributed by atoms with Gasteiger partial charge in [0.15, 0.2) is 0 Å². The molecule has 2 aromatic carbocycles. The molecule has 0 unspecified atom stereocenters. The van der Waals surface area contributed by atoms with E-state index in [1.165, 1.54) is 55.7 Å². The molecule has 0 saturated heterocycles. The Balaban J connectivity index is 2.23. The van der Waals surface area contributed by atoms with Gasteiger partial charge in [-0.2, -0.15) is 0 Å². The molecule has 0 spiro atoms. The Bertz CT molecular complexity index is 972. The van der Waals surface area contributed by atoms with E-state index < -0.39 is 21.9 Å². The highest BCUT2D eigenvalue weighted by Gasteiger charge is 2.19. The first kappa shape index (κ1) is 20.6. The van der Waals surface area contributed by atoms with Crippen molar-refractivity contribution in [2.45, 2.75) is 4.90 Å². The molecular formula is C18H17ClN2O5S. The summed E-state index contributed by atoms with van der Waals surface area (Å²) in [5.41, 5.74) is 0.871. The van der Waals surface area contributed by atoms with Gasteiger partial charge in [-0.3, -0.25) is 4.79 Å². The number of esters is 1. The number of hydrogen-bond donors (Lipinski definition) is 2. The molecule has 0 saturated carbocycles. The molecule has 0 atom stereocenters. The zero-order chi connectivity index (χ0) is 20.0. The minimum Gasteiger partial charge on any atom is -0.465 e. The fourth-order valence-corrected chi connectivity index (χ4v) is 3.63. The van der Waals surface area contributed by atoms with Crippen LogP contribution in [0.5, 0.6) is 0 Å². The Morgan fingerprint density at radius 3 is 2.37 bits per heavy atom. The van der Waals surface area contributed by atoms with Gasteiger partial charge in [0.05, 0.1) is 17.7 Å². The second-order valence-electron chi connectivity index (χ2n) is 5.31. The SMILES string of the molecule is C=CCNS(=O)(=O)c1cc(C(=O)Nc2ccc(C(=O)OC)cc2)ccc1Cl. The second-order valence-corrected chi connectivity index (χ2v) is 7.45. The van der Waals surface area contributed by atoms with E-state index >= 15 is 0 Å². The van der Waals surface area contributed by atoms with Crippen LogP contribution < -0.4 is 10.0 Å². The summed E-state index contributed by atoms with van der Waals surface area (Å²) in [5, 5.41) is 2.61. The van der Waals surface area contributed by atoms with Crippen molar-refractivity contribution in [2.75, 3.05) is 19.0 Å². The number of anilines is 1. The third-order valence-corrected chi connectivity index (χ3v) is 5.37. The number of methoxy groups -OCH3 is 1. The predicted molar refractivity (Wildman–Crippen MR) is 103 cm³/mol. The van der Waals surface area contributed by atoms with Crippen LogP contribution in [0.15, 0.2) is 60.0 Å². The fourth-order valence-electron chi connectivity index (χ4n) is 2.11. The maximum Gasteiger partial charge on any atom is 0.337 e. The molecule has 7 nitrogen and oxygen atoms in total. The van der Waals surface area contributed by atoms with Crippen LogP contribution in [0.1, 0.15) is 20.7 Å². The van der Waals surface area contributed by atoms with Gasteiger partial charge in [-0.15, -0.1) is 6.58 Å². The normalized spacial score (nSPS) is 10.9. The number of nitrogens with one attached hydrogen (secondary N) is 2. The molecule has 2 N–H and O–H groups in total. The minimum absolute atomic E-state index is 0.00876. The molecule has 27 heavy (non-hydrogen) atoms. The highest BCUT2D eigenvalue weighted by Crippen LogP contribution is 2.23. The highest BCUT2D eigenvalue weighted by molar-refractivity contribution is 7.89. The first-order valence-electron chi connectivity index (χ1n) is 7.68. The van der Waals surface area contributed by atoms with Crippen molar-refractivity contribution in [1.82, 2.24) is 4.72 Å². The van der Waals surface area contributed by atoms with Crippen molar-refractivity contribution in [1.29, 1.82) is 0 Å². The van der Waals surface area contributed by atoms with Crippen LogP contribution in [0, 0.1) is 0 Å². The molecule has 142 valence electrons. The monoisotopic (exact) mass is 408 g/mol. The molecule has 0 aliphatic rings. The van der Waals surface area contributed by atoms with Crippen LogP contribution in [0.3, 0.4) is 0 Å². The smallest absolute Gasteiger partial charge is 0.337 e. The van der Waals surface area contributed by atoms with E-state index in [-0.39, 0.29) is 22.0 Å². The maximum atomic E-state index is 12.4. The van der Waals surface area contributed by atoms with Crippen molar-refractivity contribution in [3.63, 3.8) is 0 Å². The van der Waals surface area contributed by atoms with Gasteiger partial charge < -0.3 is 10.1 Å². The number of amides is 1. The minimum atomic E-state index is -3.88. The van der Waals surface area contributed by atoms with Crippen molar-refractivity contribution in [3.8, 4) is 0 Å². The summed E-state index contributed by atoms with van der Waals surface area (Å²) in [4.78, 5) is 23.6. The lowest BCUT2D eigenvalue weighted by Gasteiger charge is -2.10. The molecule has 0 bridgehead atoms. The number of sulfonamides is 1.